The summed E-state index contributed by atoms with van der Waals surface area (Å²) in [5, 5.41) is 15.3. The van der Waals surface area contributed by atoms with Gasteiger partial charge in [0.2, 0.25) is 5.95 Å². The summed E-state index contributed by atoms with van der Waals surface area (Å²) in [5.41, 5.74) is 6.75. The zero-order chi connectivity index (χ0) is 25.2. The number of hydrogen-bond acceptors (Lipinski definition) is 9. The minimum atomic E-state index is 0.457. The average molecular weight is 488 g/mol. The molecule has 0 saturated carbocycles. The smallest absolute Gasteiger partial charge is 0.227 e. The summed E-state index contributed by atoms with van der Waals surface area (Å²) < 4.78 is 11.5. The molecule has 1 aliphatic heterocycles. The lowest BCUT2D eigenvalue weighted by Crippen LogP contribution is -2.44. The van der Waals surface area contributed by atoms with Crippen molar-refractivity contribution in [2.75, 3.05) is 57.6 Å². The fraction of sp³-hybridized carbons (Fsp3) is 0.370. The molecule has 0 atom stereocenters. The molecule has 36 heavy (non-hydrogen) atoms. The van der Waals surface area contributed by atoms with Crippen LogP contribution in [0.15, 0.2) is 41.1 Å². The molecule has 0 radical (unpaired) electrons. The molecule has 188 valence electrons. The fourth-order valence-electron chi connectivity index (χ4n) is 4.81. The number of fused-ring (bicyclic) bond motifs is 1. The van der Waals surface area contributed by atoms with Crippen LogP contribution in [0.3, 0.4) is 0 Å². The van der Waals surface area contributed by atoms with Gasteiger partial charge in [0.25, 0.3) is 0 Å². The summed E-state index contributed by atoms with van der Waals surface area (Å²) in [7, 11) is 5.68. The Bertz CT molecular complexity index is 1310. The highest BCUT2D eigenvalue weighted by atomic mass is 16.5. The number of nitrogens with one attached hydrogen (secondary N) is 3. The Balaban J connectivity index is 1.48. The van der Waals surface area contributed by atoms with E-state index in [0.717, 1.165) is 83.6 Å². The van der Waals surface area contributed by atoms with E-state index in [-0.39, 0.29) is 0 Å². The Hall–Kier alpha value is -3.85. The van der Waals surface area contributed by atoms with Gasteiger partial charge in [0, 0.05) is 62.5 Å². The van der Waals surface area contributed by atoms with Crippen LogP contribution in [0.1, 0.15) is 29.0 Å². The largest absolute Gasteiger partial charge is 0.494 e. The standard InChI is InChI=1S/C27H33N7O2/c1-17-9-14-36-26(17)25(29-2)23-20(28)7-5-18-16-30-27(32-24(18)23)31-21-8-6-19(15-22(21)35-4)34-12-10-33(3)11-13-34/h6,8-9,14-16,28-29H,5,7,10-13H2,1-4H3,(H,30,31,32)/b25-23+,28-20?. The summed E-state index contributed by atoms with van der Waals surface area (Å²) >= 11 is 0. The van der Waals surface area contributed by atoms with E-state index in [1.165, 1.54) is 0 Å². The molecule has 3 heterocycles. The summed E-state index contributed by atoms with van der Waals surface area (Å²) in [6.45, 7) is 6.06. The maximum Gasteiger partial charge on any atom is 0.227 e. The van der Waals surface area contributed by atoms with Crippen molar-refractivity contribution in [3.63, 3.8) is 0 Å². The van der Waals surface area contributed by atoms with Crippen LogP contribution in [0.2, 0.25) is 0 Å². The number of hydrogen-bond donors (Lipinski definition) is 3. The molecule has 1 saturated heterocycles. The second-order valence-electron chi connectivity index (χ2n) is 9.28. The normalized spacial score (nSPS) is 17.6. The van der Waals surface area contributed by atoms with E-state index in [9.17, 15) is 0 Å². The van der Waals surface area contributed by atoms with Gasteiger partial charge in [0.05, 0.1) is 30.5 Å². The van der Waals surface area contributed by atoms with E-state index in [4.69, 9.17) is 19.5 Å². The Morgan fingerprint density at radius 1 is 1.14 bits per heavy atom. The van der Waals surface area contributed by atoms with E-state index in [1.807, 2.05) is 32.3 Å². The Kier molecular flexibility index (Phi) is 6.65. The molecule has 1 aliphatic carbocycles. The van der Waals surface area contributed by atoms with Crippen molar-refractivity contribution in [2.24, 2.45) is 0 Å². The lowest BCUT2D eigenvalue weighted by Gasteiger charge is -2.34. The Morgan fingerprint density at radius 3 is 2.64 bits per heavy atom. The number of likely N-dealkylation sites (N-methyl/N-ethyl adjacent to an activating group) is 1. The van der Waals surface area contributed by atoms with Crippen molar-refractivity contribution in [3.05, 3.63) is 59.3 Å². The van der Waals surface area contributed by atoms with Gasteiger partial charge < -0.3 is 35.0 Å². The molecule has 1 aromatic carbocycles. The highest BCUT2D eigenvalue weighted by molar-refractivity contribution is 6.29. The van der Waals surface area contributed by atoms with E-state index in [1.54, 1.807) is 13.4 Å². The first-order valence-electron chi connectivity index (χ1n) is 12.3. The van der Waals surface area contributed by atoms with Crippen molar-refractivity contribution < 1.29 is 9.15 Å². The molecule has 3 N–H and O–H groups in total. The first-order valence-corrected chi connectivity index (χ1v) is 12.3. The van der Waals surface area contributed by atoms with E-state index >= 15 is 0 Å². The van der Waals surface area contributed by atoms with Gasteiger partial charge >= 0.3 is 0 Å². The average Bonchev–Trinajstić information content (AvgIpc) is 3.32. The summed E-state index contributed by atoms with van der Waals surface area (Å²) in [6.07, 6.45) is 4.88. The number of rotatable bonds is 6. The van der Waals surface area contributed by atoms with Crippen LogP contribution < -0.4 is 20.3 Å². The number of allylic oxidation sites excluding steroid dienone is 1. The molecule has 2 aliphatic rings. The third-order valence-corrected chi connectivity index (χ3v) is 6.94. The van der Waals surface area contributed by atoms with Crippen molar-refractivity contribution in [3.8, 4) is 5.75 Å². The van der Waals surface area contributed by atoms with Gasteiger partial charge in [-0.3, -0.25) is 0 Å². The number of aromatic nitrogens is 2. The lowest BCUT2D eigenvalue weighted by atomic mass is 9.88. The number of piperazine rings is 1. The van der Waals surface area contributed by atoms with Crippen LogP contribution in [0.4, 0.5) is 17.3 Å². The summed E-state index contributed by atoms with van der Waals surface area (Å²) in [5.74, 6) is 1.91. The van der Waals surface area contributed by atoms with Gasteiger partial charge in [-0.1, -0.05) is 0 Å². The first kappa shape index (κ1) is 23.9. The van der Waals surface area contributed by atoms with Gasteiger partial charge in [0.1, 0.15) is 5.75 Å². The highest BCUT2D eigenvalue weighted by Gasteiger charge is 2.27. The van der Waals surface area contributed by atoms with Crippen molar-refractivity contribution in [2.45, 2.75) is 19.8 Å². The predicted molar refractivity (Wildman–Crippen MR) is 143 cm³/mol. The quantitative estimate of drug-likeness (QED) is 0.481. The van der Waals surface area contributed by atoms with Crippen LogP contribution in [-0.2, 0) is 6.42 Å². The van der Waals surface area contributed by atoms with Gasteiger partial charge in [-0.2, -0.15) is 0 Å². The Morgan fingerprint density at radius 2 is 1.94 bits per heavy atom. The monoisotopic (exact) mass is 487 g/mol. The number of ether oxygens (including phenoxy) is 1. The van der Waals surface area contributed by atoms with Crippen LogP contribution in [0.25, 0.3) is 11.3 Å². The topological polar surface area (TPSA) is 103 Å². The third kappa shape index (κ3) is 4.54. The first-order chi connectivity index (χ1) is 17.5. The lowest BCUT2D eigenvalue weighted by molar-refractivity contribution is 0.312. The van der Waals surface area contributed by atoms with Gasteiger partial charge in [0.15, 0.2) is 5.76 Å². The summed E-state index contributed by atoms with van der Waals surface area (Å²) in [4.78, 5) is 14.2. The summed E-state index contributed by atoms with van der Waals surface area (Å²) in [6, 6.07) is 8.10. The third-order valence-electron chi connectivity index (χ3n) is 6.94. The number of nitrogens with zero attached hydrogens (tertiary/aromatic N) is 4. The second-order valence-corrected chi connectivity index (χ2v) is 9.28. The van der Waals surface area contributed by atoms with Crippen molar-refractivity contribution >= 4 is 34.3 Å². The van der Waals surface area contributed by atoms with Crippen molar-refractivity contribution in [1.29, 1.82) is 5.41 Å². The second kappa shape index (κ2) is 10.0. The molecule has 5 rings (SSSR count). The van der Waals surface area contributed by atoms with E-state index in [0.29, 0.717) is 18.1 Å². The highest BCUT2D eigenvalue weighted by Crippen LogP contribution is 2.35. The van der Waals surface area contributed by atoms with Crippen LogP contribution in [-0.4, -0.2) is 68.0 Å². The number of anilines is 3. The molecular formula is C27H33N7O2. The minimum Gasteiger partial charge on any atom is -0.494 e. The maximum absolute atomic E-state index is 8.72. The molecular weight excluding hydrogens is 454 g/mol. The van der Waals surface area contributed by atoms with Crippen LogP contribution in [0.5, 0.6) is 5.75 Å². The van der Waals surface area contributed by atoms with Gasteiger partial charge in [-0.05, 0) is 56.1 Å². The number of benzene rings is 1. The Labute approximate surface area is 211 Å². The molecule has 2 aromatic heterocycles. The SMILES string of the molecule is CN/C(=C1\C(=N)CCc2cnc(Nc3ccc(N4CCN(C)CC4)cc3OC)nc21)c1occc1C. The molecule has 9 heteroatoms. The molecule has 0 amide bonds. The molecule has 9 nitrogen and oxygen atoms in total. The molecule has 0 unspecified atom stereocenters. The van der Waals surface area contributed by atoms with Gasteiger partial charge in [-0.15, -0.1) is 0 Å². The minimum absolute atomic E-state index is 0.457. The van der Waals surface area contributed by atoms with Crippen LogP contribution >= 0.6 is 0 Å². The molecule has 0 bridgehead atoms. The van der Waals surface area contributed by atoms with E-state index < -0.39 is 0 Å². The zero-order valence-electron chi connectivity index (χ0n) is 21.3. The molecule has 1 fully saturated rings. The van der Waals surface area contributed by atoms with Gasteiger partial charge in [-0.25, -0.2) is 9.97 Å². The predicted octanol–water partition coefficient (Wildman–Crippen LogP) is 3.94. The molecule has 3 aromatic rings. The number of methoxy groups -OCH3 is 1. The molecule has 0 spiro atoms. The fourth-order valence-corrected chi connectivity index (χ4v) is 4.81. The van der Waals surface area contributed by atoms with E-state index in [2.05, 4.69) is 44.6 Å². The van der Waals surface area contributed by atoms with Crippen LogP contribution in [0, 0.1) is 12.3 Å². The number of furan rings is 1. The number of aryl methyl sites for hydroxylation is 2. The zero-order valence-corrected chi connectivity index (χ0v) is 21.3. The van der Waals surface area contributed by atoms with Crippen molar-refractivity contribution in [1.82, 2.24) is 20.2 Å². The maximum atomic E-state index is 8.72.